The molecular formula is C18H34N4. The van der Waals surface area contributed by atoms with Gasteiger partial charge in [-0.2, -0.15) is 0 Å². The van der Waals surface area contributed by atoms with Gasteiger partial charge in [-0.05, 0) is 77.4 Å². The fraction of sp³-hybridized carbons (Fsp3) is 0.833. The van der Waals surface area contributed by atoms with Crippen LogP contribution >= 0.6 is 0 Å². The summed E-state index contributed by atoms with van der Waals surface area (Å²) in [6.45, 7) is 4.55. The number of likely N-dealkylation sites (tertiary alicyclic amines) is 1. The Morgan fingerprint density at radius 1 is 1.23 bits per heavy atom. The fourth-order valence-electron chi connectivity index (χ4n) is 3.44. The number of rotatable bonds is 6. The lowest BCUT2D eigenvalue weighted by atomic mass is 9.94. The molecule has 1 heterocycles. The highest BCUT2D eigenvalue weighted by Gasteiger charge is 2.16. The van der Waals surface area contributed by atoms with Crippen LogP contribution < -0.4 is 10.6 Å². The van der Waals surface area contributed by atoms with Gasteiger partial charge in [0.2, 0.25) is 0 Å². The lowest BCUT2D eigenvalue weighted by molar-refractivity contribution is 0.213. The first-order chi connectivity index (χ1) is 10.8. The van der Waals surface area contributed by atoms with Crippen molar-refractivity contribution < 1.29 is 0 Å². The summed E-state index contributed by atoms with van der Waals surface area (Å²) >= 11 is 0. The number of guanidine groups is 1. The lowest BCUT2D eigenvalue weighted by Gasteiger charge is -2.29. The second kappa shape index (κ2) is 9.88. The number of hydrogen-bond donors (Lipinski definition) is 2. The van der Waals surface area contributed by atoms with Gasteiger partial charge in [-0.15, -0.1) is 0 Å². The van der Waals surface area contributed by atoms with E-state index in [1.165, 1.54) is 58.0 Å². The number of nitrogens with zero attached hydrogens (tertiary/aromatic N) is 2. The van der Waals surface area contributed by atoms with Crippen LogP contribution in [0.4, 0.5) is 0 Å². The highest BCUT2D eigenvalue weighted by Crippen LogP contribution is 2.19. The van der Waals surface area contributed by atoms with Gasteiger partial charge in [-0.3, -0.25) is 4.99 Å². The average molecular weight is 306 g/mol. The van der Waals surface area contributed by atoms with E-state index in [-0.39, 0.29) is 0 Å². The summed E-state index contributed by atoms with van der Waals surface area (Å²) in [5.74, 6) is 1.85. The van der Waals surface area contributed by atoms with Gasteiger partial charge in [0.1, 0.15) is 0 Å². The van der Waals surface area contributed by atoms with Crippen LogP contribution in [0.2, 0.25) is 0 Å². The van der Waals surface area contributed by atoms with Crippen molar-refractivity contribution in [1.82, 2.24) is 15.5 Å². The molecule has 0 aromatic carbocycles. The maximum Gasteiger partial charge on any atom is 0.190 e. The van der Waals surface area contributed by atoms with Crippen LogP contribution in [0.5, 0.6) is 0 Å². The summed E-state index contributed by atoms with van der Waals surface area (Å²) in [5.41, 5.74) is 1.63. The summed E-state index contributed by atoms with van der Waals surface area (Å²) in [7, 11) is 4.09. The minimum Gasteiger partial charge on any atom is -0.356 e. The first kappa shape index (κ1) is 17.3. The molecule has 1 fully saturated rings. The summed E-state index contributed by atoms with van der Waals surface area (Å²) in [5, 5.41) is 6.92. The molecule has 126 valence electrons. The number of allylic oxidation sites excluding steroid dienone is 1. The van der Waals surface area contributed by atoms with Gasteiger partial charge in [0.25, 0.3) is 0 Å². The Kier molecular flexibility index (Phi) is 7.78. The molecule has 0 radical (unpaired) electrons. The van der Waals surface area contributed by atoms with Gasteiger partial charge < -0.3 is 15.5 Å². The Labute approximate surface area is 136 Å². The van der Waals surface area contributed by atoms with E-state index in [1.54, 1.807) is 5.57 Å². The summed E-state index contributed by atoms with van der Waals surface area (Å²) in [6, 6.07) is 0. The molecule has 1 aliphatic heterocycles. The fourth-order valence-corrected chi connectivity index (χ4v) is 3.44. The molecule has 2 rings (SSSR count). The first-order valence-corrected chi connectivity index (χ1v) is 9.09. The third kappa shape index (κ3) is 6.39. The molecule has 0 amide bonds. The van der Waals surface area contributed by atoms with Gasteiger partial charge in [-0.1, -0.05) is 11.6 Å². The molecule has 0 saturated carbocycles. The van der Waals surface area contributed by atoms with E-state index < -0.39 is 0 Å². The van der Waals surface area contributed by atoms with Crippen LogP contribution in [0.3, 0.4) is 0 Å². The van der Waals surface area contributed by atoms with Gasteiger partial charge in [0, 0.05) is 20.1 Å². The molecule has 0 atom stereocenters. The van der Waals surface area contributed by atoms with Gasteiger partial charge >= 0.3 is 0 Å². The monoisotopic (exact) mass is 306 g/mol. The zero-order valence-corrected chi connectivity index (χ0v) is 14.5. The summed E-state index contributed by atoms with van der Waals surface area (Å²) in [6.07, 6.45) is 12.9. The molecule has 4 nitrogen and oxygen atoms in total. The number of hydrogen-bond acceptors (Lipinski definition) is 2. The molecule has 1 aliphatic carbocycles. The van der Waals surface area contributed by atoms with Gasteiger partial charge in [0.15, 0.2) is 5.96 Å². The molecule has 0 spiro atoms. The molecular weight excluding hydrogens is 272 g/mol. The molecule has 2 aliphatic rings. The minimum atomic E-state index is 0.884. The minimum absolute atomic E-state index is 0.884. The normalized spacial score (nSPS) is 21.5. The number of nitrogens with one attached hydrogen (secondary N) is 2. The molecule has 0 aromatic heterocycles. The SMILES string of the molecule is CN=C(NCCC1=CCCCC1)NCCC1CCN(C)CC1. The van der Waals surface area contributed by atoms with Crippen molar-refractivity contribution in [2.24, 2.45) is 10.9 Å². The van der Waals surface area contributed by atoms with Crippen LogP contribution in [0.25, 0.3) is 0 Å². The number of aliphatic imine (C=N–C) groups is 1. The molecule has 4 heteroatoms. The van der Waals surface area contributed by atoms with Crippen LogP contribution in [-0.2, 0) is 0 Å². The second-order valence-corrected chi connectivity index (χ2v) is 6.82. The third-order valence-corrected chi connectivity index (χ3v) is 5.03. The standard InChI is InChI=1S/C18H34N4/c1-19-18(20-12-8-16-6-4-3-5-7-16)21-13-9-17-10-14-22(2)15-11-17/h6,17H,3-5,7-15H2,1-2H3,(H2,19,20,21). The van der Waals surface area contributed by atoms with Crippen LogP contribution in [-0.4, -0.2) is 51.1 Å². The predicted molar refractivity (Wildman–Crippen MR) is 95.4 cm³/mol. The van der Waals surface area contributed by atoms with E-state index in [1.807, 2.05) is 7.05 Å². The van der Waals surface area contributed by atoms with Gasteiger partial charge in [0.05, 0.1) is 0 Å². The second-order valence-electron chi connectivity index (χ2n) is 6.82. The summed E-state index contributed by atoms with van der Waals surface area (Å²) in [4.78, 5) is 6.77. The van der Waals surface area contributed by atoms with Crippen molar-refractivity contribution in [3.8, 4) is 0 Å². The topological polar surface area (TPSA) is 39.7 Å². The van der Waals surface area contributed by atoms with Crippen molar-refractivity contribution in [1.29, 1.82) is 0 Å². The Morgan fingerprint density at radius 3 is 2.68 bits per heavy atom. The van der Waals surface area contributed by atoms with Gasteiger partial charge in [-0.25, -0.2) is 0 Å². The Bertz CT molecular complexity index is 367. The van der Waals surface area contributed by atoms with Crippen molar-refractivity contribution in [3.63, 3.8) is 0 Å². The van der Waals surface area contributed by atoms with Crippen LogP contribution in [0.1, 0.15) is 51.4 Å². The first-order valence-electron chi connectivity index (χ1n) is 9.09. The van der Waals surface area contributed by atoms with E-state index in [0.717, 1.165) is 31.4 Å². The van der Waals surface area contributed by atoms with Crippen molar-refractivity contribution in [3.05, 3.63) is 11.6 Å². The lowest BCUT2D eigenvalue weighted by Crippen LogP contribution is -2.39. The smallest absolute Gasteiger partial charge is 0.190 e. The zero-order chi connectivity index (χ0) is 15.6. The summed E-state index contributed by atoms with van der Waals surface area (Å²) < 4.78 is 0. The molecule has 2 N–H and O–H groups in total. The number of piperidine rings is 1. The molecule has 0 bridgehead atoms. The van der Waals surface area contributed by atoms with E-state index >= 15 is 0 Å². The quantitative estimate of drug-likeness (QED) is 0.450. The van der Waals surface area contributed by atoms with Crippen molar-refractivity contribution in [2.45, 2.75) is 51.4 Å². The van der Waals surface area contributed by atoms with E-state index in [9.17, 15) is 0 Å². The highest BCUT2D eigenvalue weighted by molar-refractivity contribution is 5.79. The zero-order valence-electron chi connectivity index (χ0n) is 14.5. The highest BCUT2D eigenvalue weighted by atomic mass is 15.2. The van der Waals surface area contributed by atoms with Crippen molar-refractivity contribution >= 4 is 5.96 Å². The van der Waals surface area contributed by atoms with E-state index in [0.29, 0.717) is 0 Å². The Morgan fingerprint density at radius 2 is 2.00 bits per heavy atom. The van der Waals surface area contributed by atoms with Crippen LogP contribution in [0, 0.1) is 5.92 Å². The molecule has 1 saturated heterocycles. The Balaban J connectivity index is 1.56. The molecule has 0 aromatic rings. The molecule has 22 heavy (non-hydrogen) atoms. The maximum atomic E-state index is 4.33. The van der Waals surface area contributed by atoms with E-state index in [2.05, 4.69) is 33.6 Å². The Hall–Kier alpha value is -1.03. The predicted octanol–water partition coefficient (Wildman–Crippen LogP) is 2.77. The average Bonchev–Trinajstić information content (AvgIpc) is 2.56. The van der Waals surface area contributed by atoms with Crippen LogP contribution in [0.15, 0.2) is 16.6 Å². The maximum absolute atomic E-state index is 4.33. The van der Waals surface area contributed by atoms with Crippen molar-refractivity contribution in [2.75, 3.05) is 40.3 Å². The third-order valence-electron chi connectivity index (χ3n) is 5.03. The van der Waals surface area contributed by atoms with E-state index in [4.69, 9.17) is 0 Å². The largest absolute Gasteiger partial charge is 0.356 e. The molecule has 0 unspecified atom stereocenters.